The van der Waals surface area contributed by atoms with Gasteiger partial charge < -0.3 is 4.74 Å². The van der Waals surface area contributed by atoms with Crippen molar-refractivity contribution in [1.29, 1.82) is 0 Å². The fourth-order valence-electron chi connectivity index (χ4n) is 1.97. The third-order valence-corrected chi connectivity index (χ3v) is 5.66. The molecule has 1 rings (SSSR count). The lowest BCUT2D eigenvalue weighted by Gasteiger charge is -2.33. The first-order valence-corrected chi connectivity index (χ1v) is 9.63. The lowest BCUT2D eigenvalue weighted by molar-refractivity contribution is -0.144. The number of thioether (sulfide) groups is 1. The molecule has 0 N–H and O–H groups in total. The van der Waals surface area contributed by atoms with E-state index in [1.807, 2.05) is 0 Å². The second-order valence-corrected chi connectivity index (χ2v) is 8.03. The molecule has 0 radical (unpaired) electrons. The third kappa shape index (κ3) is 5.80. The van der Waals surface area contributed by atoms with Gasteiger partial charge in [-0.25, -0.2) is 8.42 Å². The summed E-state index contributed by atoms with van der Waals surface area (Å²) in [6.07, 6.45) is 1.34. The topological polar surface area (TPSA) is 80.8 Å². The van der Waals surface area contributed by atoms with Gasteiger partial charge in [0.25, 0.3) is 0 Å². The zero-order valence-electron chi connectivity index (χ0n) is 11.8. The van der Waals surface area contributed by atoms with Crippen molar-refractivity contribution in [3.05, 3.63) is 0 Å². The Bertz CT molecular complexity index is 449. The first kappa shape index (κ1) is 17.5. The van der Waals surface area contributed by atoms with Crippen LogP contribution >= 0.6 is 11.8 Å². The highest BCUT2D eigenvalue weighted by Crippen LogP contribution is 2.20. The summed E-state index contributed by atoms with van der Waals surface area (Å²) in [6, 6.07) is 0. The summed E-state index contributed by atoms with van der Waals surface area (Å²) < 4.78 is 28.1. The SMILES string of the molecule is CCOC(=O)CCC(=O)CN1CCSCC1S(C)(=O)=O. The standard InChI is InChI=1S/C12H21NO5S2/c1-3-18-12(15)5-4-10(14)8-13-6-7-19-9-11(13)20(2,16)17/h11H,3-9H2,1-2H3. The molecule has 1 aliphatic rings. The maximum absolute atomic E-state index is 11.8. The Hall–Kier alpha value is -0.600. The number of sulfone groups is 1. The molecule has 1 unspecified atom stereocenters. The number of carbonyl (C=O) groups excluding carboxylic acids is 2. The molecule has 20 heavy (non-hydrogen) atoms. The molecule has 0 aliphatic carbocycles. The maximum Gasteiger partial charge on any atom is 0.306 e. The Morgan fingerprint density at radius 3 is 2.65 bits per heavy atom. The Labute approximate surface area is 124 Å². The average Bonchev–Trinajstić information content (AvgIpc) is 2.36. The molecule has 0 amide bonds. The molecular weight excluding hydrogens is 302 g/mol. The number of rotatable bonds is 7. The van der Waals surface area contributed by atoms with E-state index in [0.29, 0.717) is 18.9 Å². The number of hydrogen-bond donors (Lipinski definition) is 0. The van der Waals surface area contributed by atoms with Crippen LogP contribution in [0, 0.1) is 0 Å². The summed E-state index contributed by atoms with van der Waals surface area (Å²) in [4.78, 5) is 24.7. The van der Waals surface area contributed by atoms with Crippen LogP contribution in [0.3, 0.4) is 0 Å². The molecule has 0 aromatic heterocycles. The van der Waals surface area contributed by atoms with Gasteiger partial charge in [0.1, 0.15) is 11.2 Å². The summed E-state index contributed by atoms with van der Waals surface area (Å²) in [6.45, 7) is 2.67. The van der Waals surface area contributed by atoms with Crippen molar-refractivity contribution in [2.75, 3.05) is 37.5 Å². The van der Waals surface area contributed by atoms with Crippen molar-refractivity contribution < 1.29 is 22.7 Å². The number of ether oxygens (including phenoxy) is 1. The smallest absolute Gasteiger partial charge is 0.306 e. The molecule has 1 saturated heterocycles. The van der Waals surface area contributed by atoms with Gasteiger partial charge >= 0.3 is 5.97 Å². The summed E-state index contributed by atoms with van der Waals surface area (Å²) in [7, 11) is -3.20. The van der Waals surface area contributed by atoms with Crippen molar-refractivity contribution in [2.45, 2.75) is 25.1 Å². The summed E-state index contributed by atoms with van der Waals surface area (Å²) in [5.41, 5.74) is 0. The second-order valence-electron chi connectivity index (χ2n) is 4.67. The number of esters is 1. The van der Waals surface area contributed by atoms with Crippen LogP contribution in [0.5, 0.6) is 0 Å². The average molecular weight is 323 g/mol. The van der Waals surface area contributed by atoms with Crippen molar-refractivity contribution in [3.63, 3.8) is 0 Å². The van der Waals surface area contributed by atoms with E-state index in [9.17, 15) is 18.0 Å². The van der Waals surface area contributed by atoms with E-state index in [0.717, 1.165) is 5.75 Å². The van der Waals surface area contributed by atoms with Crippen molar-refractivity contribution in [2.24, 2.45) is 0 Å². The lowest BCUT2D eigenvalue weighted by Crippen LogP contribution is -2.48. The van der Waals surface area contributed by atoms with E-state index < -0.39 is 21.2 Å². The van der Waals surface area contributed by atoms with E-state index in [2.05, 4.69) is 0 Å². The van der Waals surface area contributed by atoms with Gasteiger partial charge in [-0.2, -0.15) is 11.8 Å². The van der Waals surface area contributed by atoms with Crippen LogP contribution in [0.15, 0.2) is 0 Å². The summed E-state index contributed by atoms with van der Waals surface area (Å²) in [5, 5.41) is -0.604. The van der Waals surface area contributed by atoms with Gasteiger partial charge in [0.15, 0.2) is 9.84 Å². The first-order valence-electron chi connectivity index (χ1n) is 6.52. The normalized spacial score (nSPS) is 20.6. The quantitative estimate of drug-likeness (QED) is 0.624. The molecule has 1 aliphatic heterocycles. The lowest BCUT2D eigenvalue weighted by atomic mass is 10.2. The highest BCUT2D eigenvalue weighted by molar-refractivity contribution is 8.00. The summed E-state index contributed by atoms with van der Waals surface area (Å²) >= 11 is 1.58. The highest BCUT2D eigenvalue weighted by atomic mass is 32.2. The minimum Gasteiger partial charge on any atom is -0.466 e. The van der Waals surface area contributed by atoms with Crippen LogP contribution in [0.1, 0.15) is 19.8 Å². The summed E-state index contributed by atoms with van der Waals surface area (Å²) in [5.74, 6) is 0.787. The minimum atomic E-state index is -3.20. The number of nitrogens with zero attached hydrogens (tertiary/aromatic N) is 1. The van der Waals surface area contributed by atoms with Crippen LogP contribution in [0.25, 0.3) is 0 Å². The fourth-order valence-corrected chi connectivity index (χ4v) is 4.91. The van der Waals surface area contributed by atoms with Gasteiger partial charge in [-0.15, -0.1) is 0 Å². The van der Waals surface area contributed by atoms with Gasteiger partial charge in [0, 0.05) is 30.7 Å². The van der Waals surface area contributed by atoms with E-state index in [1.54, 1.807) is 23.6 Å². The zero-order chi connectivity index (χ0) is 15.2. The molecule has 1 heterocycles. The third-order valence-electron chi connectivity index (χ3n) is 2.98. The van der Waals surface area contributed by atoms with Gasteiger partial charge in [-0.3, -0.25) is 14.5 Å². The monoisotopic (exact) mass is 323 g/mol. The van der Waals surface area contributed by atoms with Gasteiger partial charge in [-0.1, -0.05) is 0 Å². The van der Waals surface area contributed by atoms with Gasteiger partial charge in [-0.05, 0) is 6.92 Å². The minimum absolute atomic E-state index is 0.0544. The molecule has 0 saturated carbocycles. The van der Waals surface area contributed by atoms with E-state index >= 15 is 0 Å². The number of Topliss-reactive ketones (excluding diaryl/α,β-unsaturated/α-hetero) is 1. The van der Waals surface area contributed by atoms with Crippen molar-refractivity contribution in [3.8, 4) is 0 Å². The largest absolute Gasteiger partial charge is 0.466 e. The maximum atomic E-state index is 11.8. The van der Waals surface area contributed by atoms with E-state index in [4.69, 9.17) is 4.74 Å². The highest BCUT2D eigenvalue weighted by Gasteiger charge is 2.31. The van der Waals surface area contributed by atoms with Crippen LogP contribution in [0.2, 0.25) is 0 Å². The molecule has 8 heteroatoms. The zero-order valence-corrected chi connectivity index (χ0v) is 13.5. The number of ketones is 1. The predicted molar refractivity (Wildman–Crippen MR) is 78.4 cm³/mol. The Kier molecular flexibility index (Phi) is 6.97. The van der Waals surface area contributed by atoms with E-state index in [1.165, 1.54) is 6.26 Å². The molecule has 116 valence electrons. The van der Waals surface area contributed by atoms with Crippen molar-refractivity contribution >= 4 is 33.4 Å². The Morgan fingerprint density at radius 2 is 2.05 bits per heavy atom. The Balaban J connectivity index is 2.48. The van der Waals surface area contributed by atoms with Crippen molar-refractivity contribution in [1.82, 2.24) is 4.90 Å². The van der Waals surface area contributed by atoms with Crippen LogP contribution in [-0.4, -0.2) is 67.9 Å². The molecular formula is C12H21NO5S2. The number of carbonyl (C=O) groups is 2. The van der Waals surface area contributed by atoms with Crippen LogP contribution in [-0.2, 0) is 24.2 Å². The Morgan fingerprint density at radius 1 is 1.35 bits per heavy atom. The molecule has 0 aromatic rings. The number of hydrogen-bond acceptors (Lipinski definition) is 7. The van der Waals surface area contributed by atoms with Gasteiger partial charge in [0.2, 0.25) is 0 Å². The molecule has 0 spiro atoms. The molecule has 1 fully saturated rings. The second kappa shape index (κ2) is 7.99. The molecule has 1 atom stereocenters. The molecule has 6 nitrogen and oxygen atoms in total. The molecule has 0 bridgehead atoms. The van der Waals surface area contributed by atoms with Crippen LogP contribution in [0.4, 0.5) is 0 Å². The predicted octanol–water partition coefficient (Wildman–Crippen LogP) is 0.318. The van der Waals surface area contributed by atoms with Crippen LogP contribution < -0.4 is 0 Å². The first-order chi connectivity index (χ1) is 9.34. The molecule has 0 aromatic carbocycles. The van der Waals surface area contributed by atoms with Gasteiger partial charge in [0.05, 0.1) is 19.6 Å². The van der Waals surface area contributed by atoms with E-state index in [-0.39, 0.29) is 25.2 Å². The fraction of sp³-hybridized carbons (Fsp3) is 0.833.